The van der Waals surface area contributed by atoms with E-state index in [1.54, 1.807) is 12.2 Å². The Kier molecular flexibility index (Phi) is 3.23. The van der Waals surface area contributed by atoms with E-state index in [9.17, 15) is 9.59 Å². The van der Waals surface area contributed by atoms with Crippen molar-refractivity contribution >= 4 is 12.2 Å². The summed E-state index contributed by atoms with van der Waals surface area (Å²) < 4.78 is 0. The topological polar surface area (TPSA) is 58.9 Å². The minimum Gasteiger partial charge on any atom is -0.211 e. The van der Waals surface area contributed by atoms with Crippen LogP contribution in [0.15, 0.2) is 9.98 Å². The maximum atomic E-state index is 10.4. The van der Waals surface area contributed by atoms with E-state index in [0.29, 0.717) is 6.42 Å². The maximum absolute atomic E-state index is 10.4. The molecule has 82 valence electrons. The number of carbonyl (C=O) groups excluding carboxylic acids is 2. The molecule has 0 aromatic rings. The molecule has 0 aromatic heterocycles. The van der Waals surface area contributed by atoms with Crippen LogP contribution in [0.25, 0.3) is 0 Å². The SMILES string of the molecule is CC1(C)C[C@@H](N=C=O)C[C@@](C)(N=C=O)C1. The van der Waals surface area contributed by atoms with Crippen LogP contribution in [0.3, 0.4) is 0 Å². The van der Waals surface area contributed by atoms with Crippen molar-refractivity contribution in [3.63, 3.8) is 0 Å². The van der Waals surface area contributed by atoms with Crippen LogP contribution < -0.4 is 0 Å². The first-order chi connectivity index (χ1) is 6.91. The van der Waals surface area contributed by atoms with Crippen LogP contribution in [0.5, 0.6) is 0 Å². The lowest BCUT2D eigenvalue weighted by Gasteiger charge is -2.41. The number of nitrogens with zero attached hydrogens (tertiary/aromatic N) is 2. The van der Waals surface area contributed by atoms with Gasteiger partial charge >= 0.3 is 0 Å². The summed E-state index contributed by atoms with van der Waals surface area (Å²) in [7, 11) is 0. The largest absolute Gasteiger partial charge is 0.235 e. The molecule has 0 N–H and O–H groups in total. The Bertz CT molecular complexity index is 338. The summed E-state index contributed by atoms with van der Waals surface area (Å²) in [5.74, 6) is 0. The molecule has 0 amide bonds. The van der Waals surface area contributed by atoms with E-state index < -0.39 is 5.54 Å². The lowest BCUT2D eigenvalue weighted by molar-refractivity contribution is 0.147. The second-order valence-electron chi connectivity index (χ2n) is 5.32. The Labute approximate surface area is 89.5 Å². The first kappa shape index (κ1) is 11.8. The molecule has 1 aliphatic carbocycles. The molecule has 0 aromatic carbocycles. The van der Waals surface area contributed by atoms with Crippen molar-refractivity contribution in [2.75, 3.05) is 0 Å². The highest BCUT2D eigenvalue weighted by molar-refractivity contribution is 5.36. The molecular formula is C11H16N2O2. The predicted octanol–water partition coefficient (Wildman–Crippen LogP) is 2.00. The Hall–Kier alpha value is -1.24. The third-order valence-electron chi connectivity index (χ3n) is 2.87. The molecule has 0 spiro atoms. The summed E-state index contributed by atoms with van der Waals surface area (Å²) in [5, 5.41) is 0. The van der Waals surface area contributed by atoms with Crippen LogP contribution in [0, 0.1) is 5.41 Å². The summed E-state index contributed by atoms with van der Waals surface area (Å²) in [4.78, 5) is 28.2. The number of hydrogen-bond donors (Lipinski definition) is 0. The molecule has 0 bridgehead atoms. The van der Waals surface area contributed by atoms with Gasteiger partial charge in [0.1, 0.15) is 0 Å². The van der Waals surface area contributed by atoms with E-state index in [1.165, 1.54) is 0 Å². The molecule has 2 atom stereocenters. The highest BCUT2D eigenvalue weighted by atomic mass is 16.1. The first-order valence-corrected chi connectivity index (χ1v) is 5.07. The van der Waals surface area contributed by atoms with Crippen molar-refractivity contribution in [1.82, 2.24) is 0 Å². The number of aliphatic imine (C=N–C) groups is 2. The van der Waals surface area contributed by atoms with Gasteiger partial charge in [-0.05, 0) is 31.6 Å². The fourth-order valence-corrected chi connectivity index (χ4v) is 2.75. The number of rotatable bonds is 2. The Morgan fingerprint density at radius 1 is 1.13 bits per heavy atom. The zero-order valence-corrected chi connectivity index (χ0v) is 9.41. The highest BCUT2D eigenvalue weighted by Gasteiger charge is 2.41. The van der Waals surface area contributed by atoms with E-state index in [0.717, 1.165) is 12.8 Å². The van der Waals surface area contributed by atoms with E-state index in [1.807, 2.05) is 6.92 Å². The fraction of sp³-hybridized carbons (Fsp3) is 0.818. The lowest BCUT2D eigenvalue weighted by Crippen LogP contribution is -2.40. The second kappa shape index (κ2) is 4.09. The van der Waals surface area contributed by atoms with Gasteiger partial charge in [-0.25, -0.2) is 14.6 Å². The zero-order valence-electron chi connectivity index (χ0n) is 9.41. The van der Waals surface area contributed by atoms with Gasteiger partial charge in [0.05, 0.1) is 11.6 Å². The van der Waals surface area contributed by atoms with Gasteiger partial charge in [0, 0.05) is 0 Å². The molecule has 4 heteroatoms. The standard InChI is InChI=1S/C11H16N2O2/c1-10(2)4-9(12-7-14)5-11(3,6-10)13-8-15/h9H,4-6H2,1-3H3/t9-,11-/m1/s1. The molecular weight excluding hydrogens is 192 g/mol. The Balaban J connectivity index is 2.94. The van der Waals surface area contributed by atoms with Crippen LogP contribution in [0.2, 0.25) is 0 Å². The molecule has 0 aliphatic heterocycles. The van der Waals surface area contributed by atoms with Crippen molar-refractivity contribution in [2.24, 2.45) is 15.4 Å². The van der Waals surface area contributed by atoms with Crippen LogP contribution >= 0.6 is 0 Å². The molecule has 1 aliphatic rings. The van der Waals surface area contributed by atoms with Crippen molar-refractivity contribution in [1.29, 1.82) is 0 Å². The fourth-order valence-electron chi connectivity index (χ4n) is 2.75. The van der Waals surface area contributed by atoms with Gasteiger partial charge < -0.3 is 0 Å². The van der Waals surface area contributed by atoms with Crippen LogP contribution in [-0.4, -0.2) is 23.7 Å². The summed E-state index contributed by atoms with van der Waals surface area (Å²) >= 11 is 0. The molecule has 0 heterocycles. The third-order valence-corrected chi connectivity index (χ3v) is 2.87. The van der Waals surface area contributed by atoms with Crippen LogP contribution in [0.1, 0.15) is 40.0 Å². The van der Waals surface area contributed by atoms with E-state index in [2.05, 4.69) is 23.8 Å². The second-order valence-corrected chi connectivity index (χ2v) is 5.32. The molecule has 1 saturated carbocycles. The molecule has 1 fully saturated rings. The summed E-state index contributed by atoms with van der Waals surface area (Å²) in [6.45, 7) is 6.10. The average molecular weight is 208 g/mol. The molecule has 15 heavy (non-hydrogen) atoms. The van der Waals surface area contributed by atoms with E-state index in [4.69, 9.17) is 0 Å². The van der Waals surface area contributed by atoms with Gasteiger partial charge in [-0.2, -0.15) is 4.99 Å². The first-order valence-electron chi connectivity index (χ1n) is 5.07. The third kappa shape index (κ3) is 3.12. The maximum Gasteiger partial charge on any atom is 0.235 e. The van der Waals surface area contributed by atoms with Crippen LogP contribution in [0.4, 0.5) is 0 Å². The zero-order chi connectivity index (χ0) is 11.5. The summed E-state index contributed by atoms with van der Waals surface area (Å²) in [6.07, 6.45) is 5.49. The van der Waals surface area contributed by atoms with E-state index in [-0.39, 0.29) is 11.5 Å². The van der Waals surface area contributed by atoms with Crippen molar-refractivity contribution < 1.29 is 9.59 Å². The molecule has 0 saturated heterocycles. The van der Waals surface area contributed by atoms with Gasteiger partial charge in [0.25, 0.3) is 0 Å². The van der Waals surface area contributed by atoms with Gasteiger partial charge in [0.2, 0.25) is 12.2 Å². The molecule has 0 unspecified atom stereocenters. The van der Waals surface area contributed by atoms with Gasteiger partial charge in [-0.3, -0.25) is 0 Å². The minimum atomic E-state index is -0.436. The summed E-state index contributed by atoms with van der Waals surface area (Å²) in [5.41, 5.74) is -0.396. The lowest BCUT2D eigenvalue weighted by atomic mass is 9.67. The smallest absolute Gasteiger partial charge is 0.211 e. The highest BCUT2D eigenvalue weighted by Crippen LogP contribution is 2.43. The monoisotopic (exact) mass is 208 g/mol. The van der Waals surface area contributed by atoms with Crippen molar-refractivity contribution in [2.45, 2.75) is 51.6 Å². The molecule has 1 rings (SSSR count). The number of isocyanates is 2. The normalized spacial score (nSPS) is 33.7. The predicted molar refractivity (Wildman–Crippen MR) is 56.1 cm³/mol. The van der Waals surface area contributed by atoms with Crippen molar-refractivity contribution in [3.05, 3.63) is 0 Å². The minimum absolute atomic E-state index is 0.0400. The Morgan fingerprint density at radius 2 is 1.80 bits per heavy atom. The average Bonchev–Trinajstić information content (AvgIpc) is 1.99. The molecule has 4 nitrogen and oxygen atoms in total. The van der Waals surface area contributed by atoms with Gasteiger partial charge in [-0.15, -0.1) is 0 Å². The Morgan fingerprint density at radius 3 is 2.33 bits per heavy atom. The number of hydrogen-bond acceptors (Lipinski definition) is 4. The van der Waals surface area contributed by atoms with Crippen LogP contribution in [-0.2, 0) is 9.59 Å². The van der Waals surface area contributed by atoms with E-state index >= 15 is 0 Å². The quantitative estimate of drug-likeness (QED) is 0.514. The van der Waals surface area contributed by atoms with Gasteiger partial charge in [-0.1, -0.05) is 13.8 Å². The van der Waals surface area contributed by atoms with Gasteiger partial charge in [0.15, 0.2) is 0 Å². The molecule has 0 radical (unpaired) electrons. The summed E-state index contributed by atoms with van der Waals surface area (Å²) in [6, 6.07) is -0.0756. The van der Waals surface area contributed by atoms with Crippen molar-refractivity contribution in [3.8, 4) is 0 Å².